The molecule has 0 aliphatic rings. The van der Waals surface area contributed by atoms with Gasteiger partial charge in [-0.15, -0.1) is 0 Å². The highest BCUT2D eigenvalue weighted by Gasteiger charge is 2.15. The van der Waals surface area contributed by atoms with Gasteiger partial charge in [0, 0.05) is 11.7 Å². The Bertz CT molecular complexity index is 407. The Morgan fingerprint density at radius 2 is 2.12 bits per heavy atom. The molecule has 0 spiro atoms. The van der Waals surface area contributed by atoms with E-state index < -0.39 is 0 Å². The number of nitrogen functional groups attached to an aromatic ring is 1. The van der Waals surface area contributed by atoms with Crippen molar-refractivity contribution in [3.05, 3.63) is 27.7 Å². The number of hydrogen-bond acceptors (Lipinski definition) is 2. The summed E-state index contributed by atoms with van der Waals surface area (Å²) < 4.78 is 0. The first kappa shape index (κ1) is 13.1. The third-order valence-electron chi connectivity index (χ3n) is 2.29. The quantitative estimate of drug-likeness (QED) is 0.821. The average Bonchev–Trinajstić information content (AvgIpc) is 2.22. The number of carbonyl (C=O) groups is 1. The maximum Gasteiger partial charge on any atom is 0.253 e. The molecule has 0 bridgehead atoms. The third-order valence-corrected chi connectivity index (χ3v) is 3.09. The van der Waals surface area contributed by atoms with Gasteiger partial charge < -0.3 is 11.1 Å². The summed E-state index contributed by atoms with van der Waals surface area (Å²) in [6.45, 7) is 3.90. The third kappa shape index (κ3) is 3.03. The van der Waals surface area contributed by atoms with Gasteiger partial charge in [-0.05, 0) is 25.5 Å². The number of benzene rings is 1. The molecular weight excluding hydrogens is 247 g/mol. The monoisotopic (exact) mass is 260 g/mol. The minimum atomic E-state index is -0.256. The molecule has 88 valence electrons. The van der Waals surface area contributed by atoms with Gasteiger partial charge in [0.05, 0.1) is 15.6 Å². The molecule has 1 rings (SSSR count). The van der Waals surface area contributed by atoms with Crippen molar-refractivity contribution in [2.75, 3.05) is 5.73 Å². The van der Waals surface area contributed by atoms with E-state index in [1.165, 1.54) is 12.1 Å². The molecule has 3 N–H and O–H groups in total. The molecule has 0 heterocycles. The molecule has 1 aromatic carbocycles. The fourth-order valence-corrected chi connectivity index (χ4v) is 1.60. The lowest BCUT2D eigenvalue weighted by Crippen LogP contribution is -2.32. The number of carbonyl (C=O) groups excluding carboxylic acids is 1. The van der Waals surface area contributed by atoms with Crippen LogP contribution in [0.5, 0.6) is 0 Å². The molecule has 0 aliphatic heterocycles. The molecule has 0 radical (unpaired) electrons. The van der Waals surface area contributed by atoms with E-state index in [0.717, 1.165) is 6.42 Å². The molecular formula is C11H14Cl2N2O. The van der Waals surface area contributed by atoms with Crippen molar-refractivity contribution in [3.8, 4) is 0 Å². The van der Waals surface area contributed by atoms with Crippen molar-refractivity contribution in [2.24, 2.45) is 0 Å². The molecule has 5 heteroatoms. The zero-order chi connectivity index (χ0) is 12.3. The molecule has 0 fully saturated rings. The molecule has 0 aliphatic carbocycles. The summed E-state index contributed by atoms with van der Waals surface area (Å²) in [5.41, 5.74) is 6.34. The highest BCUT2D eigenvalue weighted by Crippen LogP contribution is 2.28. The Morgan fingerprint density at radius 3 is 2.69 bits per heavy atom. The summed E-state index contributed by atoms with van der Waals surface area (Å²) in [6.07, 6.45) is 0.847. The highest BCUT2D eigenvalue weighted by molar-refractivity contribution is 6.44. The predicted octanol–water partition coefficient (Wildman–Crippen LogP) is 3.10. The fraction of sp³-hybridized carbons (Fsp3) is 0.364. The van der Waals surface area contributed by atoms with Crippen LogP contribution in [0.4, 0.5) is 5.69 Å². The Balaban J connectivity index is 2.99. The predicted molar refractivity (Wildman–Crippen MR) is 68.1 cm³/mol. The summed E-state index contributed by atoms with van der Waals surface area (Å²) in [6, 6.07) is 3.12. The lowest BCUT2D eigenvalue weighted by atomic mass is 10.1. The van der Waals surface area contributed by atoms with Crippen LogP contribution in [0.2, 0.25) is 10.0 Å². The van der Waals surface area contributed by atoms with Gasteiger partial charge in [-0.2, -0.15) is 0 Å². The normalized spacial score (nSPS) is 12.2. The summed E-state index contributed by atoms with van der Waals surface area (Å²) >= 11 is 11.8. The van der Waals surface area contributed by atoms with Crippen LogP contribution in [0, 0.1) is 0 Å². The highest BCUT2D eigenvalue weighted by atomic mass is 35.5. The van der Waals surface area contributed by atoms with Crippen LogP contribution in [-0.4, -0.2) is 11.9 Å². The number of nitrogens with two attached hydrogens (primary N) is 1. The largest absolute Gasteiger partial charge is 0.399 e. The van der Waals surface area contributed by atoms with Crippen LogP contribution in [0.15, 0.2) is 12.1 Å². The van der Waals surface area contributed by atoms with E-state index in [9.17, 15) is 4.79 Å². The summed E-state index contributed by atoms with van der Waals surface area (Å²) in [5, 5.41) is 3.32. The first-order valence-electron chi connectivity index (χ1n) is 5.01. The van der Waals surface area contributed by atoms with Gasteiger partial charge in [0.1, 0.15) is 0 Å². The second kappa shape index (κ2) is 5.41. The van der Waals surface area contributed by atoms with Gasteiger partial charge in [0.2, 0.25) is 0 Å². The van der Waals surface area contributed by atoms with Crippen LogP contribution in [0.1, 0.15) is 30.6 Å². The number of anilines is 1. The standard InChI is InChI=1S/C11H14Cl2N2O/c1-3-6(2)15-11(16)8-4-7(14)5-9(12)10(8)13/h4-6H,3,14H2,1-2H3,(H,15,16). The molecule has 1 unspecified atom stereocenters. The molecule has 16 heavy (non-hydrogen) atoms. The number of hydrogen-bond donors (Lipinski definition) is 2. The Hall–Kier alpha value is -0.930. The van der Waals surface area contributed by atoms with Crippen LogP contribution in [0.3, 0.4) is 0 Å². The van der Waals surface area contributed by atoms with E-state index in [1.807, 2.05) is 13.8 Å². The van der Waals surface area contributed by atoms with Crippen LogP contribution in [-0.2, 0) is 0 Å². The first-order chi connectivity index (χ1) is 7.45. The lowest BCUT2D eigenvalue weighted by Gasteiger charge is -2.13. The number of amides is 1. The van der Waals surface area contributed by atoms with Gasteiger partial charge in [-0.25, -0.2) is 0 Å². The zero-order valence-corrected chi connectivity index (χ0v) is 10.7. The van der Waals surface area contributed by atoms with Crippen LogP contribution < -0.4 is 11.1 Å². The Kier molecular flexibility index (Phi) is 4.44. The van der Waals surface area contributed by atoms with E-state index >= 15 is 0 Å². The van der Waals surface area contributed by atoms with Crippen LogP contribution in [0.25, 0.3) is 0 Å². The van der Waals surface area contributed by atoms with Crippen molar-refractivity contribution < 1.29 is 4.79 Å². The Labute approximate surface area is 105 Å². The second-order valence-electron chi connectivity index (χ2n) is 3.65. The molecule has 3 nitrogen and oxygen atoms in total. The molecule has 1 amide bonds. The Morgan fingerprint density at radius 1 is 1.50 bits per heavy atom. The van der Waals surface area contributed by atoms with E-state index in [0.29, 0.717) is 11.3 Å². The van der Waals surface area contributed by atoms with E-state index in [2.05, 4.69) is 5.32 Å². The topological polar surface area (TPSA) is 55.1 Å². The molecule has 1 aromatic rings. The molecule has 0 saturated heterocycles. The van der Waals surface area contributed by atoms with Crippen molar-refractivity contribution in [2.45, 2.75) is 26.3 Å². The van der Waals surface area contributed by atoms with Gasteiger partial charge >= 0.3 is 0 Å². The number of rotatable bonds is 3. The van der Waals surface area contributed by atoms with Gasteiger partial charge in [0.15, 0.2) is 0 Å². The summed E-state index contributed by atoms with van der Waals surface area (Å²) in [4.78, 5) is 11.8. The van der Waals surface area contributed by atoms with Crippen molar-refractivity contribution in [1.82, 2.24) is 5.32 Å². The van der Waals surface area contributed by atoms with E-state index in [4.69, 9.17) is 28.9 Å². The van der Waals surface area contributed by atoms with Crippen LogP contribution >= 0.6 is 23.2 Å². The zero-order valence-electron chi connectivity index (χ0n) is 9.18. The minimum Gasteiger partial charge on any atom is -0.399 e. The average molecular weight is 261 g/mol. The fourth-order valence-electron chi connectivity index (χ4n) is 1.18. The lowest BCUT2D eigenvalue weighted by molar-refractivity contribution is 0.0939. The smallest absolute Gasteiger partial charge is 0.253 e. The number of nitrogens with one attached hydrogen (secondary N) is 1. The van der Waals surface area contributed by atoms with E-state index in [-0.39, 0.29) is 22.0 Å². The molecule has 0 saturated carbocycles. The first-order valence-corrected chi connectivity index (χ1v) is 5.76. The maximum atomic E-state index is 11.8. The van der Waals surface area contributed by atoms with Gasteiger partial charge in [0.25, 0.3) is 5.91 Å². The second-order valence-corrected chi connectivity index (χ2v) is 4.43. The SMILES string of the molecule is CCC(C)NC(=O)c1cc(N)cc(Cl)c1Cl. The van der Waals surface area contributed by atoms with Crippen molar-refractivity contribution >= 4 is 34.8 Å². The molecule has 1 atom stereocenters. The minimum absolute atomic E-state index is 0.0868. The summed E-state index contributed by atoms with van der Waals surface area (Å²) in [7, 11) is 0. The molecule has 0 aromatic heterocycles. The van der Waals surface area contributed by atoms with Gasteiger partial charge in [-0.1, -0.05) is 30.1 Å². The maximum absolute atomic E-state index is 11.8. The van der Waals surface area contributed by atoms with Crippen molar-refractivity contribution in [1.29, 1.82) is 0 Å². The van der Waals surface area contributed by atoms with Crippen molar-refractivity contribution in [3.63, 3.8) is 0 Å². The van der Waals surface area contributed by atoms with Gasteiger partial charge in [-0.3, -0.25) is 4.79 Å². The van der Waals surface area contributed by atoms with E-state index in [1.54, 1.807) is 0 Å². The summed E-state index contributed by atoms with van der Waals surface area (Å²) in [5.74, 6) is -0.256. The number of halogens is 2.